The third kappa shape index (κ3) is 9.06. The fourth-order valence-corrected chi connectivity index (χ4v) is 9.46. The van der Waals surface area contributed by atoms with Gasteiger partial charge < -0.3 is 84.1 Å². The van der Waals surface area contributed by atoms with Crippen molar-refractivity contribution in [1.29, 1.82) is 0 Å². The maximum atomic E-state index is 13.4. The van der Waals surface area contributed by atoms with Crippen LogP contribution in [0.3, 0.4) is 0 Å². The molecule has 6 heterocycles. The number of fused-ring (bicyclic) bond motifs is 3. The summed E-state index contributed by atoms with van der Waals surface area (Å²) >= 11 is 0. The summed E-state index contributed by atoms with van der Waals surface area (Å²) in [5.41, 5.74) is 2.88. The van der Waals surface area contributed by atoms with Crippen LogP contribution < -0.4 is 0 Å². The van der Waals surface area contributed by atoms with Gasteiger partial charge in [0.15, 0.2) is 12.6 Å². The number of hydrogen-bond acceptors (Lipinski definition) is 18. The standard InChI is InChI=1S/C43H56N2O18/c1-4-19-21(25(38(54)55)17-58-40(19)62-42-36(52)34(50)32(48)29(15-46)60-42)10-12-45-13-11-23-22-8-6-7-9-27(22)44-31(23)28(45)14-24-20(5-2)41(59-18-26(24)39(56)57-3)63-43-37(53)35(51)33(49)30(16-47)61-43/h4-9,17-21,24,28-30,32-37,40-44,46-53H,1-2,10-16H2,3H3,(H,54,55). The number of H-pyrrole nitrogens is 1. The monoisotopic (exact) mass is 888 g/mol. The summed E-state index contributed by atoms with van der Waals surface area (Å²) in [5.74, 6) is -5.08. The average molecular weight is 889 g/mol. The van der Waals surface area contributed by atoms with Crippen molar-refractivity contribution >= 4 is 22.8 Å². The van der Waals surface area contributed by atoms with Gasteiger partial charge in [-0.1, -0.05) is 30.4 Å². The normalized spacial score (nSPS) is 38.3. The summed E-state index contributed by atoms with van der Waals surface area (Å²) in [6.07, 6.45) is -12.0. The van der Waals surface area contributed by atoms with Crippen molar-refractivity contribution in [2.24, 2.45) is 23.7 Å². The zero-order valence-electron chi connectivity index (χ0n) is 34.4. The van der Waals surface area contributed by atoms with Crippen molar-refractivity contribution in [2.75, 3.05) is 33.4 Å². The number of aliphatic hydroxyl groups is 8. The molecule has 0 radical (unpaired) electrons. The first-order valence-corrected chi connectivity index (χ1v) is 20.8. The number of rotatable bonds is 15. The fourth-order valence-electron chi connectivity index (χ4n) is 9.46. The number of nitrogens with zero attached hydrogens (tertiary/aromatic N) is 1. The number of carboxylic acids is 1. The summed E-state index contributed by atoms with van der Waals surface area (Å²) in [6.45, 7) is 7.38. The van der Waals surface area contributed by atoms with E-state index in [0.717, 1.165) is 28.4 Å². The lowest BCUT2D eigenvalue weighted by atomic mass is 9.77. The number of carbonyl (C=O) groups is 2. The maximum absolute atomic E-state index is 13.4. The summed E-state index contributed by atoms with van der Waals surface area (Å²) < 4.78 is 40.0. The van der Waals surface area contributed by atoms with E-state index in [4.69, 9.17) is 33.2 Å². The number of aromatic nitrogens is 1. The van der Waals surface area contributed by atoms with E-state index in [1.54, 1.807) is 0 Å². The number of aromatic amines is 1. The molecule has 346 valence electrons. The van der Waals surface area contributed by atoms with Crippen molar-refractivity contribution in [3.05, 3.63) is 84.5 Å². The molecule has 0 bridgehead atoms. The van der Waals surface area contributed by atoms with Crippen molar-refractivity contribution in [1.82, 2.24) is 9.88 Å². The number of hydrogen-bond donors (Lipinski definition) is 10. The Morgan fingerprint density at radius 3 is 1.89 bits per heavy atom. The Labute approximate surface area is 361 Å². The van der Waals surface area contributed by atoms with Crippen LogP contribution in [-0.4, -0.2) is 175 Å². The Bertz CT molecular complexity index is 2020. The number of nitrogens with one attached hydrogen (secondary N) is 1. The molecule has 63 heavy (non-hydrogen) atoms. The number of methoxy groups -OCH3 is 1. The number of aliphatic hydroxyl groups excluding tert-OH is 8. The van der Waals surface area contributed by atoms with Crippen LogP contribution in [0.1, 0.15) is 30.1 Å². The Kier molecular flexibility index (Phi) is 14.7. The van der Waals surface area contributed by atoms with Crippen LogP contribution in [0.5, 0.6) is 0 Å². The molecule has 17 unspecified atom stereocenters. The van der Waals surface area contributed by atoms with E-state index in [1.807, 2.05) is 24.3 Å². The summed E-state index contributed by atoms with van der Waals surface area (Å²) in [7, 11) is 1.23. The number of carbonyl (C=O) groups excluding carboxylic acids is 1. The molecule has 17 atom stereocenters. The molecular weight excluding hydrogens is 832 g/mol. The van der Waals surface area contributed by atoms with E-state index in [2.05, 4.69) is 23.0 Å². The van der Waals surface area contributed by atoms with Gasteiger partial charge in [0, 0.05) is 46.8 Å². The SMILES string of the molecule is C=CC1C(OC2OC(CO)C(O)C(O)C2O)OC=C(C(=O)O)C1CCN1CCc2c([nH]c3ccccc23)C1CC1C(C(=O)OC)=COC(OC2OC(CO)C(O)C(O)C2O)C1C=C. The van der Waals surface area contributed by atoms with Crippen LogP contribution in [0.2, 0.25) is 0 Å². The highest BCUT2D eigenvalue weighted by atomic mass is 16.8. The van der Waals surface area contributed by atoms with Crippen molar-refractivity contribution < 1.29 is 88.7 Å². The van der Waals surface area contributed by atoms with E-state index in [1.165, 1.54) is 25.5 Å². The molecule has 2 aromatic rings. The third-order valence-corrected chi connectivity index (χ3v) is 12.9. The quantitative estimate of drug-likeness (QED) is 0.0762. The lowest BCUT2D eigenvalue weighted by Crippen LogP contribution is -2.60. The molecule has 0 amide bonds. The zero-order chi connectivity index (χ0) is 45.3. The molecule has 0 spiro atoms. The number of carboxylic acid groups (broad SMARTS) is 1. The minimum Gasteiger partial charge on any atom is -0.478 e. The molecule has 1 aromatic heterocycles. The Balaban J connectivity index is 1.18. The van der Waals surface area contributed by atoms with Gasteiger partial charge >= 0.3 is 11.9 Å². The summed E-state index contributed by atoms with van der Waals surface area (Å²) in [6, 6.07) is 7.35. The van der Waals surface area contributed by atoms with Gasteiger partial charge in [-0.2, -0.15) is 0 Å². The lowest BCUT2D eigenvalue weighted by molar-refractivity contribution is -0.339. The first kappa shape index (κ1) is 46.7. The van der Waals surface area contributed by atoms with E-state index >= 15 is 0 Å². The maximum Gasteiger partial charge on any atom is 0.337 e. The van der Waals surface area contributed by atoms with E-state index in [9.17, 15) is 55.5 Å². The van der Waals surface area contributed by atoms with Gasteiger partial charge in [0.25, 0.3) is 0 Å². The molecule has 7 rings (SSSR count). The average Bonchev–Trinajstić information content (AvgIpc) is 3.67. The molecule has 2 fully saturated rings. The van der Waals surface area contributed by atoms with Crippen LogP contribution in [0.4, 0.5) is 0 Å². The Morgan fingerprint density at radius 1 is 0.794 bits per heavy atom. The minimum absolute atomic E-state index is 0.0753. The van der Waals surface area contributed by atoms with Gasteiger partial charge in [0.05, 0.1) is 50.0 Å². The first-order valence-electron chi connectivity index (χ1n) is 20.8. The second-order valence-electron chi connectivity index (χ2n) is 16.3. The zero-order valence-corrected chi connectivity index (χ0v) is 34.4. The minimum atomic E-state index is -1.74. The number of para-hydroxylation sites is 1. The van der Waals surface area contributed by atoms with E-state index in [0.29, 0.717) is 13.0 Å². The Hall–Kier alpha value is -4.26. The molecule has 10 N–H and O–H groups in total. The lowest BCUT2D eigenvalue weighted by Gasteiger charge is -2.45. The van der Waals surface area contributed by atoms with Crippen LogP contribution in [0.15, 0.2) is 73.2 Å². The molecule has 5 aliphatic heterocycles. The van der Waals surface area contributed by atoms with Gasteiger partial charge in [-0.25, -0.2) is 9.59 Å². The predicted octanol–water partition coefficient (Wildman–Crippen LogP) is -0.945. The van der Waals surface area contributed by atoms with E-state index in [-0.39, 0.29) is 30.5 Å². The molecule has 1 aromatic carbocycles. The number of aliphatic carboxylic acids is 1. The third-order valence-electron chi connectivity index (χ3n) is 12.9. The van der Waals surface area contributed by atoms with Crippen LogP contribution >= 0.6 is 0 Å². The van der Waals surface area contributed by atoms with E-state index < -0.39 is 129 Å². The number of ether oxygens (including phenoxy) is 7. The second kappa shape index (κ2) is 19.9. The largest absolute Gasteiger partial charge is 0.478 e. The highest BCUT2D eigenvalue weighted by molar-refractivity contribution is 5.89. The van der Waals surface area contributed by atoms with Gasteiger partial charge in [-0.3, -0.25) is 4.90 Å². The number of esters is 1. The van der Waals surface area contributed by atoms with Gasteiger partial charge in [-0.05, 0) is 37.4 Å². The van der Waals surface area contributed by atoms with Gasteiger partial charge in [-0.15, -0.1) is 13.2 Å². The molecule has 5 aliphatic rings. The molecular formula is C43H56N2O18. The highest BCUT2D eigenvalue weighted by Gasteiger charge is 2.50. The summed E-state index contributed by atoms with van der Waals surface area (Å²) in [4.78, 5) is 31.9. The van der Waals surface area contributed by atoms with Crippen molar-refractivity contribution in [2.45, 2.75) is 99.3 Å². The van der Waals surface area contributed by atoms with Gasteiger partial charge in [0.1, 0.15) is 48.8 Å². The fraction of sp³-hybridized carbons (Fsp3) is 0.581. The highest BCUT2D eigenvalue weighted by Crippen LogP contribution is 2.46. The molecule has 20 heteroatoms. The Morgan fingerprint density at radius 2 is 1.35 bits per heavy atom. The molecule has 20 nitrogen and oxygen atoms in total. The van der Waals surface area contributed by atoms with Crippen LogP contribution in [0.25, 0.3) is 10.9 Å². The number of benzene rings is 1. The second-order valence-corrected chi connectivity index (χ2v) is 16.3. The molecule has 0 aliphatic carbocycles. The summed E-state index contributed by atoms with van der Waals surface area (Å²) in [5, 5.41) is 93.8. The first-order chi connectivity index (χ1) is 30.3. The van der Waals surface area contributed by atoms with Crippen molar-refractivity contribution in [3.8, 4) is 0 Å². The predicted molar refractivity (Wildman–Crippen MR) is 215 cm³/mol. The molecule has 2 saturated heterocycles. The van der Waals surface area contributed by atoms with Crippen LogP contribution in [0, 0.1) is 23.7 Å². The van der Waals surface area contributed by atoms with Crippen LogP contribution in [-0.2, 0) is 49.2 Å². The van der Waals surface area contributed by atoms with Gasteiger partial charge in [0.2, 0.25) is 12.6 Å². The smallest absolute Gasteiger partial charge is 0.337 e. The topological polar surface area (TPSA) is 300 Å². The van der Waals surface area contributed by atoms with Crippen molar-refractivity contribution in [3.63, 3.8) is 0 Å². The molecule has 0 saturated carbocycles.